The summed E-state index contributed by atoms with van der Waals surface area (Å²) in [5.74, 6) is 0. The van der Waals surface area contributed by atoms with E-state index in [1.165, 1.54) is 6.42 Å². The molecule has 1 saturated heterocycles. The third-order valence-electron chi connectivity index (χ3n) is 3.76. The minimum absolute atomic E-state index is 0.0436. The SMILES string of the molecule is CNc1ccc(-n2cc(CCOC3CCCCO3)nn2)cc1. The number of rotatable bonds is 6. The van der Waals surface area contributed by atoms with E-state index in [9.17, 15) is 0 Å². The second kappa shape index (κ2) is 7.38. The second-order valence-electron chi connectivity index (χ2n) is 5.37. The third-order valence-corrected chi connectivity index (χ3v) is 3.76. The highest BCUT2D eigenvalue weighted by Crippen LogP contribution is 2.15. The summed E-state index contributed by atoms with van der Waals surface area (Å²) in [5, 5.41) is 11.5. The maximum absolute atomic E-state index is 5.72. The van der Waals surface area contributed by atoms with Gasteiger partial charge in [0.15, 0.2) is 6.29 Å². The van der Waals surface area contributed by atoms with E-state index in [0.717, 1.165) is 42.9 Å². The molecule has 0 radical (unpaired) electrons. The Labute approximate surface area is 130 Å². The number of anilines is 1. The van der Waals surface area contributed by atoms with E-state index in [1.54, 1.807) is 4.68 Å². The van der Waals surface area contributed by atoms with Gasteiger partial charge in [-0.3, -0.25) is 0 Å². The van der Waals surface area contributed by atoms with E-state index in [1.807, 2.05) is 37.5 Å². The van der Waals surface area contributed by atoms with Crippen LogP contribution >= 0.6 is 0 Å². The number of nitrogens with zero attached hydrogens (tertiary/aromatic N) is 3. The van der Waals surface area contributed by atoms with Crippen LogP contribution in [-0.2, 0) is 15.9 Å². The molecule has 1 fully saturated rings. The van der Waals surface area contributed by atoms with Crippen molar-refractivity contribution in [2.24, 2.45) is 0 Å². The number of hydrogen-bond donors (Lipinski definition) is 1. The van der Waals surface area contributed by atoms with E-state index < -0.39 is 0 Å². The van der Waals surface area contributed by atoms with Crippen LogP contribution in [0.3, 0.4) is 0 Å². The molecule has 2 heterocycles. The lowest BCUT2D eigenvalue weighted by Crippen LogP contribution is -2.23. The Bertz CT molecular complexity index is 576. The van der Waals surface area contributed by atoms with Crippen LogP contribution in [0, 0.1) is 0 Å². The normalized spacial score (nSPS) is 18.3. The Morgan fingerprint density at radius 1 is 1.32 bits per heavy atom. The van der Waals surface area contributed by atoms with Gasteiger partial charge in [-0.25, -0.2) is 4.68 Å². The zero-order valence-electron chi connectivity index (χ0n) is 12.9. The fourth-order valence-corrected chi connectivity index (χ4v) is 2.46. The van der Waals surface area contributed by atoms with Crippen molar-refractivity contribution in [3.05, 3.63) is 36.2 Å². The van der Waals surface area contributed by atoms with Gasteiger partial charge in [-0.05, 0) is 43.5 Å². The number of nitrogens with one attached hydrogen (secondary N) is 1. The first-order valence-electron chi connectivity index (χ1n) is 7.78. The fourth-order valence-electron chi connectivity index (χ4n) is 2.46. The largest absolute Gasteiger partial charge is 0.388 e. The highest BCUT2D eigenvalue weighted by atomic mass is 16.7. The Balaban J connectivity index is 1.51. The van der Waals surface area contributed by atoms with Gasteiger partial charge in [0.25, 0.3) is 0 Å². The molecule has 3 rings (SSSR count). The fraction of sp³-hybridized carbons (Fsp3) is 0.500. The van der Waals surface area contributed by atoms with Gasteiger partial charge in [-0.15, -0.1) is 5.10 Å². The molecule has 0 bridgehead atoms. The number of hydrogen-bond acceptors (Lipinski definition) is 5. The van der Waals surface area contributed by atoms with Crippen molar-refractivity contribution in [2.45, 2.75) is 32.0 Å². The molecule has 22 heavy (non-hydrogen) atoms. The van der Waals surface area contributed by atoms with Gasteiger partial charge in [0.05, 0.1) is 24.2 Å². The smallest absolute Gasteiger partial charge is 0.157 e. The molecule has 6 nitrogen and oxygen atoms in total. The van der Waals surface area contributed by atoms with Crippen LogP contribution < -0.4 is 5.32 Å². The molecule has 1 aromatic heterocycles. The topological polar surface area (TPSA) is 61.2 Å². The molecule has 0 spiro atoms. The predicted octanol–water partition coefficient (Wildman–Crippen LogP) is 2.39. The van der Waals surface area contributed by atoms with E-state index in [4.69, 9.17) is 9.47 Å². The van der Waals surface area contributed by atoms with E-state index in [2.05, 4.69) is 15.6 Å². The Kier molecular flexibility index (Phi) is 5.03. The number of benzene rings is 1. The van der Waals surface area contributed by atoms with Gasteiger partial charge in [0.2, 0.25) is 0 Å². The summed E-state index contributed by atoms with van der Waals surface area (Å²) >= 11 is 0. The lowest BCUT2D eigenvalue weighted by atomic mass is 10.2. The van der Waals surface area contributed by atoms with Crippen molar-refractivity contribution in [3.8, 4) is 5.69 Å². The highest BCUT2D eigenvalue weighted by molar-refractivity contribution is 5.47. The summed E-state index contributed by atoms with van der Waals surface area (Å²) in [6.45, 7) is 1.42. The van der Waals surface area contributed by atoms with Crippen LogP contribution in [0.15, 0.2) is 30.5 Å². The van der Waals surface area contributed by atoms with Crippen LogP contribution in [0.25, 0.3) is 5.69 Å². The van der Waals surface area contributed by atoms with Gasteiger partial charge < -0.3 is 14.8 Å². The molecule has 1 unspecified atom stereocenters. The van der Waals surface area contributed by atoms with E-state index in [0.29, 0.717) is 6.61 Å². The minimum Gasteiger partial charge on any atom is -0.388 e. The molecule has 1 aliphatic heterocycles. The lowest BCUT2D eigenvalue weighted by molar-refractivity contribution is -0.161. The summed E-state index contributed by atoms with van der Waals surface area (Å²) in [4.78, 5) is 0. The Morgan fingerprint density at radius 3 is 2.91 bits per heavy atom. The van der Waals surface area contributed by atoms with Crippen molar-refractivity contribution >= 4 is 5.69 Å². The summed E-state index contributed by atoms with van der Waals surface area (Å²) < 4.78 is 13.1. The summed E-state index contributed by atoms with van der Waals surface area (Å²) in [6, 6.07) is 8.05. The second-order valence-corrected chi connectivity index (χ2v) is 5.37. The molecule has 0 aliphatic carbocycles. The van der Waals surface area contributed by atoms with Gasteiger partial charge >= 0.3 is 0 Å². The third kappa shape index (κ3) is 3.84. The average Bonchev–Trinajstić information content (AvgIpc) is 3.05. The monoisotopic (exact) mass is 302 g/mol. The summed E-state index contributed by atoms with van der Waals surface area (Å²) in [5.41, 5.74) is 2.99. The molecule has 1 aliphatic rings. The molecule has 1 N–H and O–H groups in total. The van der Waals surface area contributed by atoms with Gasteiger partial charge in [0, 0.05) is 25.8 Å². The molecule has 0 saturated carbocycles. The zero-order valence-corrected chi connectivity index (χ0v) is 12.9. The molecular weight excluding hydrogens is 280 g/mol. The van der Waals surface area contributed by atoms with Crippen molar-refractivity contribution in [1.82, 2.24) is 15.0 Å². The van der Waals surface area contributed by atoms with Gasteiger partial charge in [-0.2, -0.15) is 0 Å². The van der Waals surface area contributed by atoms with Crippen LogP contribution in [0.2, 0.25) is 0 Å². The maximum atomic E-state index is 5.72. The molecule has 6 heteroatoms. The van der Waals surface area contributed by atoms with E-state index >= 15 is 0 Å². The maximum Gasteiger partial charge on any atom is 0.157 e. The summed E-state index contributed by atoms with van der Waals surface area (Å²) in [6.07, 6.45) is 5.96. The van der Waals surface area contributed by atoms with Crippen LogP contribution in [0.4, 0.5) is 5.69 Å². The Hall–Kier alpha value is -1.92. The average molecular weight is 302 g/mol. The molecule has 118 valence electrons. The van der Waals surface area contributed by atoms with Gasteiger partial charge in [0.1, 0.15) is 0 Å². The zero-order chi connectivity index (χ0) is 15.2. The number of ether oxygens (including phenoxy) is 2. The van der Waals surface area contributed by atoms with Crippen LogP contribution in [0.5, 0.6) is 0 Å². The first-order valence-corrected chi connectivity index (χ1v) is 7.78. The standard InChI is InChI=1S/C16H22N4O2/c1-17-13-5-7-15(8-6-13)20-12-14(18-19-20)9-11-22-16-4-2-3-10-21-16/h5-8,12,16-17H,2-4,9-11H2,1H3. The Morgan fingerprint density at radius 2 is 2.18 bits per heavy atom. The first-order chi connectivity index (χ1) is 10.8. The quantitative estimate of drug-likeness (QED) is 0.888. The highest BCUT2D eigenvalue weighted by Gasteiger charge is 2.14. The molecule has 0 amide bonds. The van der Waals surface area contributed by atoms with Crippen LogP contribution in [-0.4, -0.2) is 41.5 Å². The van der Waals surface area contributed by atoms with Crippen LogP contribution in [0.1, 0.15) is 25.0 Å². The molecular formula is C16H22N4O2. The molecule has 2 aromatic rings. The summed E-state index contributed by atoms with van der Waals surface area (Å²) in [7, 11) is 1.90. The molecule has 1 atom stereocenters. The van der Waals surface area contributed by atoms with E-state index in [-0.39, 0.29) is 6.29 Å². The number of aromatic nitrogens is 3. The lowest BCUT2D eigenvalue weighted by Gasteiger charge is -2.22. The minimum atomic E-state index is -0.0436. The van der Waals surface area contributed by atoms with Crippen molar-refractivity contribution < 1.29 is 9.47 Å². The molecule has 1 aromatic carbocycles. The predicted molar refractivity (Wildman–Crippen MR) is 84.2 cm³/mol. The van der Waals surface area contributed by atoms with Crippen molar-refractivity contribution in [2.75, 3.05) is 25.6 Å². The van der Waals surface area contributed by atoms with Crippen molar-refractivity contribution in [3.63, 3.8) is 0 Å². The van der Waals surface area contributed by atoms with Gasteiger partial charge in [-0.1, -0.05) is 5.21 Å². The van der Waals surface area contributed by atoms with Crippen molar-refractivity contribution in [1.29, 1.82) is 0 Å². The first kappa shape index (κ1) is 15.0.